The highest BCUT2D eigenvalue weighted by molar-refractivity contribution is 5.99. The van der Waals surface area contributed by atoms with Crippen molar-refractivity contribution in [3.05, 3.63) is 93.8 Å². The number of carbonyl (C=O) groups is 1. The lowest BCUT2D eigenvalue weighted by molar-refractivity contribution is -0.128. The molecule has 6 rings (SSSR count). The lowest BCUT2D eigenvalue weighted by Gasteiger charge is -2.46. The summed E-state index contributed by atoms with van der Waals surface area (Å²) in [7, 11) is 0. The van der Waals surface area contributed by atoms with Crippen LogP contribution < -0.4 is 10.5 Å². The van der Waals surface area contributed by atoms with Crippen LogP contribution in [0.4, 0.5) is 18.9 Å². The van der Waals surface area contributed by atoms with Crippen LogP contribution in [0.5, 0.6) is 5.75 Å². The zero-order valence-electron chi connectivity index (χ0n) is 25.7. The third-order valence-corrected chi connectivity index (χ3v) is 9.13. The molecule has 1 fully saturated rings. The third-order valence-electron chi connectivity index (χ3n) is 9.13. The Labute approximate surface area is 259 Å². The molecular weight excluding hydrogens is 581 g/mol. The fourth-order valence-corrected chi connectivity index (χ4v) is 7.05. The van der Waals surface area contributed by atoms with Gasteiger partial charge in [-0.05, 0) is 74.9 Å². The number of aromatic hydroxyl groups is 1. The van der Waals surface area contributed by atoms with Crippen molar-refractivity contribution in [1.82, 2.24) is 14.5 Å². The van der Waals surface area contributed by atoms with Crippen LogP contribution in [0.3, 0.4) is 0 Å². The van der Waals surface area contributed by atoms with E-state index in [0.717, 1.165) is 18.2 Å². The molecule has 2 aliphatic heterocycles. The summed E-state index contributed by atoms with van der Waals surface area (Å²) in [5, 5.41) is 10.7. The number of aryl methyl sites for hydroxylation is 1. The van der Waals surface area contributed by atoms with E-state index in [1.165, 1.54) is 16.7 Å². The fourth-order valence-electron chi connectivity index (χ4n) is 7.05. The predicted octanol–water partition coefficient (Wildman–Crippen LogP) is 6.54. The van der Waals surface area contributed by atoms with Gasteiger partial charge in [0.1, 0.15) is 17.4 Å². The summed E-state index contributed by atoms with van der Waals surface area (Å²) >= 11 is 0. The summed E-state index contributed by atoms with van der Waals surface area (Å²) in [5.74, 6) is -4.24. The zero-order valence-corrected chi connectivity index (χ0v) is 25.7. The van der Waals surface area contributed by atoms with Gasteiger partial charge < -0.3 is 14.9 Å². The molecule has 0 bridgehead atoms. The van der Waals surface area contributed by atoms with Crippen molar-refractivity contribution in [1.29, 1.82) is 0 Å². The van der Waals surface area contributed by atoms with E-state index >= 15 is 13.2 Å². The van der Waals surface area contributed by atoms with Crippen LogP contribution in [0.1, 0.15) is 56.4 Å². The normalized spacial score (nSPS) is 18.1. The average Bonchev–Trinajstić information content (AvgIpc) is 3.18. The Balaban J connectivity index is 1.76. The van der Waals surface area contributed by atoms with Crippen LogP contribution in [0.25, 0.3) is 27.7 Å². The van der Waals surface area contributed by atoms with Gasteiger partial charge >= 0.3 is 0 Å². The number of rotatable bonds is 4. The largest absolute Gasteiger partial charge is 0.507 e. The quantitative estimate of drug-likeness (QED) is 0.264. The first-order valence-electron chi connectivity index (χ1n) is 15.2. The molecule has 1 saturated heterocycles. The van der Waals surface area contributed by atoms with Crippen LogP contribution in [-0.4, -0.2) is 50.6 Å². The Morgan fingerprint density at radius 2 is 1.87 bits per heavy atom. The van der Waals surface area contributed by atoms with Crippen LogP contribution in [0.15, 0.2) is 54.0 Å². The molecule has 4 heterocycles. The molecule has 2 atom stereocenters. The van der Waals surface area contributed by atoms with Gasteiger partial charge in [0, 0.05) is 42.3 Å². The molecule has 10 heteroatoms. The molecular formula is C35H35F3N4O3. The van der Waals surface area contributed by atoms with Crippen molar-refractivity contribution in [3.63, 3.8) is 0 Å². The average molecular weight is 617 g/mol. The number of pyridine rings is 2. The number of hydrogen-bond acceptors (Lipinski definition) is 5. The van der Waals surface area contributed by atoms with Crippen molar-refractivity contribution in [3.8, 4) is 22.6 Å². The molecule has 2 aromatic carbocycles. The number of anilines is 1. The molecule has 7 nitrogen and oxygen atoms in total. The van der Waals surface area contributed by atoms with Gasteiger partial charge in [-0.2, -0.15) is 0 Å². The van der Waals surface area contributed by atoms with E-state index in [2.05, 4.69) is 11.6 Å². The van der Waals surface area contributed by atoms with Crippen LogP contribution in [-0.2, 0) is 11.2 Å². The monoisotopic (exact) mass is 616 g/mol. The standard InChI is InChI=1S/C35H35F3N4O3/c1-6-27(44)40-17-21-9-7-10-22-33(41(21)16-20(40)5)23-15-25(37)29(28-24(36)11-8-12-26(28)43)30(38)34(23)42(35(22)45)32-19(4)13-14-39-31(32)18(2)3/h6,8,11-15,18,20-21,43H,1,7,9-10,16-17H2,2-5H3. The molecule has 1 amide bonds. The number of amides is 1. The first kappa shape index (κ1) is 30.4. The minimum atomic E-state index is -1.17. The van der Waals surface area contributed by atoms with E-state index in [1.54, 1.807) is 24.1 Å². The Bertz CT molecular complexity index is 1920. The summed E-state index contributed by atoms with van der Waals surface area (Å²) in [6.07, 6.45) is 4.53. The minimum Gasteiger partial charge on any atom is -0.507 e. The lowest BCUT2D eigenvalue weighted by atomic mass is 9.96. The second-order valence-corrected chi connectivity index (χ2v) is 12.3. The maximum atomic E-state index is 17.2. The first-order valence-corrected chi connectivity index (χ1v) is 15.2. The zero-order chi connectivity index (χ0) is 32.3. The Kier molecular flexibility index (Phi) is 7.71. The fraction of sp³-hybridized carbons (Fsp3) is 0.343. The number of phenolic OH excluding ortho intramolecular Hbond substituents is 1. The van der Waals surface area contributed by atoms with E-state index in [4.69, 9.17) is 0 Å². The van der Waals surface area contributed by atoms with E-state index in [0.29, 0.717) is 60.5 Å². The van der Waals surface area contributed by atoms with Crippen LogP contribution >= 0.6 is 0 Å². The van der Waals surface area contributed by atoms with Gasteiger partial charge in [-0.1, -0.05) is 26.5 Å². The van der Waals surface area contributed by atoms with Crippen molar-refractivity contribution in [2.45, 2.75) is 65.0 Å². The molecule has 0 radical (unpaired) electrons. The van der Waals surface area contributed by atoms with Crippen LogP contribution in [0, 0.1) is 24.4 Å². The van der Waals surface area contributed by atoms with Crippen molar-refractivity contribution < 1.29 is 23.1 Å². The highest BCUT2D eigenvalue weighted by atomic mass is 19.1. The Morgan fingerprint density at radius 3 is 2.56 bits per heavy atom. The van der Waals surface area contributed by atoms with Gasteiger partial charge in [0.2, 0.25) is 5.91 Å². The number of halogens is 3. The van der Waals surface area contributed by atoms with Gasteiger partial charge in [-0.3, -0.25) is 19.1 Å². The van der Waals surface area contributed by atoms with E-state index < -0.39 is 39.9 Å². The molecule has 45 heavy (non-hydrogen) atoms. The summed E-state index contributed by atoms with van der Waals surface area (Å²) < 4.78 is 49.8. The first-order chi connectivity index (χ1) is 21.5. The van der Waals surface area contributed by atoms with Gasteiger partial charge in [0.15, 0.2) is 5.82 Å². The molecule has 0 aliphatic carbocycles. The number of aromatic nitrogens is 2. The molecule has 2 unspecified atom stereocenters. The van der Waals surface area contributed by atoms with Gasteiger partial charge in [-0.15, -0.1) is 0 Å². The Hall–Kier alpha value is -4.60. The van der Waals surface area contributed by atoms with E-state index in [-0.39, 0.29) is 34.8 Å². The molecule has 2 aromatic heterocycles. The number of fused-ring (bicyclic) bond motifs is 5. The van der Waals surface area contributed by atoms with Gasteiger partial charge in [0.25, 0.3) is 5.56 Å². The highest BCUT2D eigenvalue weighted by Gasteiger charge is 2.39. The summed E-state index contributed by atoms with van der Waals surface area (Å²) in [4.78, 5) is 35.7. The SMILES string of the molecule is C=CC(=O)N1CC2CCCc3c(c4cc(F)c(-c5c(O)cccc5F)c(F)c4n(-c4c(C)ccnc4C(C)C)c3=O)N2CC1C. The lowest BCUT2D eigenvalue weighted by Crippen LogP contribution is -2.59. The smallest absolute Gasteiger partial charge is 0.261 e. The maximum Gasteiger partial charge on any atom is 0.261 e. The summed E-state index contributed by atoms with van der Waals surface area (Å²) in [6, 6.07) is 5.80. The Morgan fingerprint density at radius 1 is 1.11 bits per heavy atom. The molecule has 0 saturated carbocycles. The molecule has 2 aliphatic rings. The molecule has 4 aromatic rings. The number of benzene rings is 2. The predicted molar refractivity (Wildman–Crippen MR) is 169 cm³/mol. The molecule has 0 spiro atoms. The van der Waals surface area contributed by atoms with Crippen molar-refractivity contribution in [2.75, 3.05) is 18.0 Å². The van der Waals surface area contributed by atoms with Crippen LogP contribution in [0.2, 0.25) is 0 Å². The number of carbonyl (C=O) groups excluding carboxylic acids is 1. The number of hydrogen-bond donors (Lipinski definition) is 1. The summed E-state index contributed by atoms with van der Waals surface area (Å²) in [5.41, 5.74) is 0.338. The molecule has 234 valence electrons. The van der Waals surface area contributed by atoms with Gasteiger partial charge in [-0.25, -0.2) is 13.2 Å². The van der Waals surface area contributed by atoms with Gasteiger partial charge in [0.05, 0.1) is 33.7 Å². The van der Waals surface area contributed by atoms with E-state index in [1.807, 2.05) is 25.7 Å². The summed E-state index contributed by atoms with van der Waals surface area (Å²) in [6.45, 7) is 11.8. The van der Waals surface area contributed by atoms with Crippen molar-refractivity contribution in [2.24, 2.45) is 0 Å². The second-order valence-electron chi connectivity index (χ2n) is 12.3. The molecule has 1 N–H and O–H groups in total. The second kappa shape index (κ2) is 11.4. The third kappa shape index (κ3) is 4.78. The number of piperazine rings is 1. The topological polar surface area (TPSA) is 78.7 Å². The number of nitrogens with zero attached hydrogens (tertiary/aromatic N) is 4. The number of phenols is 1. The van der Waals surface area contributed by atoms with Crippen molar-refractivity contribution >= 4 is 22.5 Å². The van der Waals surface area contributed by atoms with E-state index in [9.17, 15) is 14.7 Å². The minimum absolute atomic E-state index is 0.153. The maximum absolute atomic E-state index is 17.2. The highest BCUT2D eigenvalue weighted by Crippen LogP contribution is 2.44.